The number of benzene rings is 1. The molecule has 2 rings (SSSR count). The van der Waals surface area contributed by atoms with Gasteiger partial charge in [-0.1, -0.05) is 0 Å². The van der Waals surface area contributed by atoms with Crippen LogP contribution in [0.3, 0.4) is 0 Å². The van der Waals surface area contributed by atoms with Crippen LogP contribution in [0.2, 0.25) is 0 Å². The lowest BCUT2D eigenvalue weighted by atomic mass is 10.2. The molecule has 2 amide bonds. The van der Waals surface area contributed by atoms with Crippen LogP contribution in [0.25, 0.3) is 0 Å². The number of thioether (sulfide) groups is 1. The number of hydrogen-bond acceptors (Lipinski definition) is 4. The van der Waals surface area contributed by atoms with E-state index in [0.717, 1.165) is 4.90 Å². The van der Waals surface area contributed by atoms with Gasteiger partial charge in [-0.2, -0.15) is 0 Å². The second-order valence-corrected chi connectivity index (χ2v) is 4.16. The SMILES string of the molecule is COc1cc(NC=O)c2c(c1)SCC(=O)N2. The first-order valence-electron chi connectivity index (χ1n) is 4.59. The number of fused-ring (bicyclic) bond motifs is 1. The second-order valence-electron chi connectivity index (χ2n) is 3.15. The number of carbonyl (C=O) groups is 2. The molecule has 1 aliphatic rings. The zero-order valence-corrected chi connectivity index (χ0v) is 9.39. The van der Waals surface area contributed by atoms with Gasteiger partial charge in [0, 0.05) is 11.0 Å². The maximum absolute atomic E-state index is 11.3. The molecule has 1 aromatic rings. The molecule has 0 bridgehead atoms. The van der Waals surface area contributed by atoms with Crippen LogP contribution >= 0.6 is 11.8 Å². The minimum absolute atomic E-state index is 0.0726. The molecule has 0 saturated carbocycles. The van der Waals surface area contributed by atoms with Crippen molar-refractivity contribution >= 4 is 35.5 Å². The summed E-state index contributed by atoms with van der Waals surface area (Å²) in [5.74, 6) is 0.948. The van der Waals surface area contributed by atoms with E-state index in [1.165, 1.54) is 11.8 Å². The van der Waals surface area contributed by atoms with Crippen LogP contribution in [0.15, 0.2) is 17.0 Å². The normalized spacial score (nSPS) is 13.7. The Morgan fingerprint density at radius 1 is 1.56 bits per heavy atom. The maximum atomic E-state index is 11.3. The molecule has 84 valence electrons. The van der Waals surface area contributed by atoms with Crippen molar-refractivity contribution in [3.63, 3.8) is 0 Å². The molecule has 0 aliphatic carbocycles. The minimum atomic E-state index is -0.0726. The van der Waals surface area contributed by atoms with Gasteiger partial charge in [-0.25, -0.2) is 0 Å². The number of carbonyl (C=O) groups excluding carboxylic acids is 2. The molecule has 0 spiro atoms. The number of rotatable bonds is 3. The molecule has 5 nitrogen and oxygen atoms in total. The summed E-state index contributed by atoms with van der Waals surface area (Å²) in [6.07, 6.45) is 0.570. The summed E-state index contributed by atoms with van der Waals surface area (Å²) in [7, 11) is 1.55. The molecule has 16 heavy (non-hydrogen) atoms. The summed E-state index contributed by atoms with van der Waals surface area (Å²) < 4.78 is 5.11. The average Bonchev–Trinajstić information content (AvgIpc) is 2.30. The zero-order chi connectivity index (χ0) is 11.5. The lowest BCUT2D eigenvalue weighted by Gasteiger charge is -2.20. The summed E-state index contributed by atoms with van der Waals surface area (Å²) in [6, 6.07) is 3.49. The fourth-order valence-electron chi connectivity index (χ4n) is 1.45. The van der Waals surface area contributed by atoms with Crippen LogP contribution in [0, 0.1) is 0 Å². The Morgan fingerprint density at radius 3 is 3.06 bits per heavy atom. The highest BCUT2D eigenvalue weighted by atomic mass is 32.2. The average molecular weight is 238 g/mol. The van der Waals surface area contributed by atoms with Gasteiger partial charge in [-0.05, 0) is 6.07 Å². The van der Waals surface area contributed by atoms with Crippen LogP contribution in [0.5, 0.6) is 5.75 Å². The molecule has 1 aromatic carbocycles. The minimum Gasteiger partial charge on any atom is -0.497 e. The summed E-state index contributed by atoms with van der Waals surface area (Å²) >= 11 is 1.42. The standard InChI is InChI=1S/C10H10N2O3S/c1-15-6-2-7(11-5-13)10-8(3-6)16-4-9(14)12-10/h2-3,5H,4H2,1H3,(H,11,13)(H,12,14). The first kappa shape index (κ1) is 10.8. The van der Waals surface area contributed by atoms with E-state index in [1.54, 1.807) is 13.2 Å². The Kier molecular flexibility index (Phi) is 3.00. The van der Waals surface area contributed by atoms with Gasteiger partial charge in [0.15, 0.2) is 0 Å². The third-order valence-corrected chi connectivity index (χ3v) is 3.19. The van der Waals surface area contributed by atoms with E-state index in [2.05, 4.69) is 10.6 Å². The molecule has 6 heteroatoms. The number of methoxy groups -OCH3 is 1. The molecule has 2 N–H and O–H groups in total. The van der Waals surface area contributed by atoms with E-state index in [9.17, 15) is 9.59 Å². The molecule has 1 heterocycles. The predicted octanol–water partition coefficient (Wildman–Crippen LogP) is 1.31. The van der Waals surface area contributed by atoms with Crippen molar-refractivity contribution in [2.75, 3.05) is 23.5 Å². The van der Waals surface area contributed by atoms with Crippen LogP contribution < -0.4 is 15.4 Å². The Balaban J connectivity index is 2.48. The molecular weight excluding hydrogens is 228 g/mol. The molecule has 0 saturated heterocycles. The molecular formula is C10H10N2O3S. The van der Waals surface area contributed by atoms with Crippen molar-refractivity contribution in [2.45, 2.75) is 4.90 Å². The molecule has 0 aromatic heterocycles. The van der Waals surface area contributed by atoms with Crippen molar-refractivity contribution in [1.29, 1.82) is 0 Å². The van der Waals surface area contributed by atoms with Gasteiger partial charge in [-0.3, -0.25) is 9.59 Å². The zero-order valence-electron chi connectivity index (χ0n) is 8.57. The topological polar surface area (TPSA) is 67.4 Å². The first-order valence-corrected chi connectivity index (χ1v) is 5.58. The largest absolute Gasteiger partial charge is 0.497 e. The lowest BCUT2D eigenvalue weighted by molar-refractivity contribution is -0.114. The van der Waals surface area contributed by atoms with E-state index < -0.39 is 0 Å². The molecule has 0 fully saturated rings. The number of hydrogen-bond donors (Lipinski definition) is 2. The van der Waals surface area contributed by atoms with Gasteiger partial charge < -0.3 is 15.4 Å². The van der Waals surface area contributed by atoms with Crippen molar-refractivity contribution in [2.24, 2.45) is 0 Å². The second kappa shape index (κ2) is 4.44. The van der Waals surface area contributed by atoms with Crippen molar-refractivity contribution in [3.8, 4) is 5.75 Å². The van der Waals surface area contributed by atoms with Gasteiger partial charge in [0.25, 0.3) is 0 Å². The number of amides is 2. The monoisotopic (exact) mass is 238 g/mol. The van der Waals surface area contributed by atoms with E-state index in [-0.39, 0.29) is 5.91 Å². The van der Waals surface area contributed by atoms with Gasteiger partial charge in [0.1, 0.15) is 5.75 Å². The summed E-state index contributed by atoms with van der Waals surface area (Å²) in [5.41, 5.74) is 1.18. The highest BCUT2D eigenvalue weighted by molar-refractivity contribution is 8.00. The summed E-state index contributed by atoms with van der Waals surface area (Å²) in [5, 5.41) is 5.27. The fraction of sp³-hybridized carbons (Fsp3) is 0.200. The Hall–Kier alpha value is -1.69. The van der Waals surface area contributed by atoms with Crippen LogP contribution in [0.4, 0.5) is 11.4 Å². The van der Waals surface area contributed by atoms with Crippen LogP contribution in [0.1, 0.15) is 0 Å². The van der Waals surface area contributed by atoms with Crippen LogP contribution in [-0.2, 0) is 9.59 Å². The molecule has 0 radical (unpaired) electrons. The van der Waals surface area contributed by atoms with E-state index >= 15 is 0 Å². The van der Waals surface area contributed by atoms with E-state index in [4.69, 9.17) is 4.74 Å². The highest BCUT2D eigenvalue weighted by Crippen LogP contribution is 2.40. The Bertz CT molecular complexity index is 448. The Labute approximate surface area is 96.5 Å². The van der Waals surface area contributed by atoms with E-state index in [0.29, 0.717) is 29.3 Å². The predicted molar refractivity (Wildman–Crippen MR) is 62.0 cm³/mol. The van der Waals surface area contributed by atoms with Crippen LogP contribution in [-0.4, -0.2) is 25.2 Å². The molecule has 1 aliphatic heterocycles. The quantitative estimate of drug-likeness (QED) is 0.779. The summed E-state index contributed by atoms with van der Waals surface area (Å²) in [4.78, 5) is 22.6. The molecule has 0 atom stereocenters. The smallest absolute Gasteiger partial charge is 0.234 e. The maximum Gasteiger partial charge on any atom is 0.234 e. The van der Waals surface area contributed by atoms with Crippen molar-refractivity contribution in [1.82, 2.24) is 0 Å². The van der Waals surface area contributed by atoms with Gasteiger partial charge in [-0.15, -0.1) is 11.8 Å². The fourth-order valence-corrected chi connectivity index (χ4v) is 2.31. The number of anilines is 2. The van der Waals surface area contributed by atoms with Gasteiger partial charge in [0.2, 0.25) is 12.3 Å². The third-order valence-electron chi connectivity index (χ3n) is 2.15. The molecule has 0 unspecified atom stereocenters. The highest BCUT2D eigenvalue weighted by Gasteiger charge is 2.19. The van der Waals surface area contributed by atoms with E-state index in [1.807, 2.05) is 6.07 Å². The number of nitrogens with one attached hydrogen (secondary N) is 2. The first-order chi connectivity index (χ1) is 7.74. The van der Waals surface area contributed by atoms with Crippen molar-refractivity contribution < 1.29 is 14.3 Å². The lowest BCUT2D eigenvalue weighted by Crippen LogP contribution is -2.20. The van der Waals surface area contributed by atoms with Gasteiger partial charge in [0.05, 0.1) is 24.2 Å². The number of ether oxygens (including phenoxy) is 1. The Morgan fingerprint density at radius 2 is 2.38 bits per heavy atom. The van der Waals surface area contributed by atoms with Crippen molar-refractivity contribution in [3.05, 3.63) is 12.1 Å². The summed E-state index contributed by atoms with van der Waals surface area (Å²) in [6.45, 7) is 0. The van der Waals surface area contributed by atoms with Gasteiger partial charge >= 0.3 is 0 Å². The third kappa shape index (κ3) is 1.96.